The number of hydrogen-bond acceptors (Lipinski definition) is 5. The summed E-state index contributed by atoms with van der Waals surface area (Å²) in [6.07, 6.45) is 0. The highest BCUT2D eigenvalue weighted by Crippen LogP contribution is 2.15. The summed E-state index contributed by atoms with van der Waals surface area (Å²) in [5.74, 6) is -0.0770. The van der Waals surface area contributed by atoms with Crippen molar-refractivity contribution in [2.45, 2.75) is 0 Å². The van der Waals surface area contributed by atoms with Crippen molar-refractivity contribution in [3.63, 3.8) is 0 Å². The summed E-state index contributed by atoms with van der Waals surface area (Å²) in [6, 6.07) is 5.35. The predicted molar refractivity (Wildman–Crippen MR) is 42.6 cm³/mol. The molecule has 13 heavy (non-hydrogen) atoms. The van der Waals surface area contributed by atoms with Gasteiger partial charge in [-0.25, -0.2) is 0 Å². The van der Waals surface area contributed by atoms with Gasteiger partial charge in [0.25, 0.3) is 0 Å². The Morgan fingerprint density at radius 3 is 2.23 bits per heavy atom. The molecule has 0 aromatic heterocycles. The van der Waals surface area contributed by atoms with Crippen molar-refractivity contribution < 1.29 is 21.5 Å². The second-order valence-electron chi connectivity index (χ2n) is 2.12. The number of benzene rings is 1. The molecule has 0 saturated heterocycles. The van der Waals surface area contributed by atoms with Gasteiger partial charge in [0, 0.05) is 5.69 Å². The van der Waals surface area contributed by atoms with E-state index in [0.29, 0.717) is 5.69 Å². The van der Waals surface area contributed by atoms with Crippen LogP contribution >= 0.6 is 0 Å². The number of anilines is 1. The Balaban J connectivity index is 2.82. The minimum Gasteiger partial charge on any atom is -0.399 e. The Kier molecular flexibility index (Phi) is 2.69. The van der Waals surface area contributed by atoms with E-state index in [1.165, 1.54) is 24.3 Å². The predicted octanol–water partition coefficient (Wildman–Crippen LogP) is 0.794. The van der Waals surface area contributed by atoms with Crippen LogP contribution in [0.2, 0.25) is 0 Å². The van der Waals surface area contributed by atoms with Gasteiger partial charge in [0.2, 0.25) is 0 Å². The highest BCUT2D eigenvalue weighted by molar-refractivity contribution is 7.82. The Morgan fingerprint density at radius 1 is 1.23 bits per heavy atom. The lowest BCUT2D eigenvalue weighted by Crippen LogP contribution is -2.08. The lowest BCUT2D eigenvalue weighted by Gasteiger charge is -2.01. The molecule has 1 aromatic carbocycles. The molecule has 2 N–H and O–H groups in total. The van der Waals surface area contributed by atoms with E-state index in [1.54, 1.807) is 0 Å². The first kappa shape index (κ1) is 9.75. The molecule has 5 nitrogen and oxygen atoms in total. The molecular formula is C6H6FNO4S. The Bertz CT molecular complexity index is 374. The van der Waals surface area contributed by atoms with Crippen LogP contribution in [0.25, 0.3) is 0 Å². The minimum absolute atomic E-state index is 0.0770. The summed E-state index contributed by atoms with van der Waals surface area (Å²) in [5.41, 5.74) is 5.75. The van der Waals surface area contributed by atoms with Crippen molar-refractivity contribution in [3.8, 4) is 5.75 Å². The van der Waals surface area contributed by atoms with E-state index in [2.05, 4.69) is 8.57 Å². The third kappa shape index (κ3) is 2.88. The zero-order chi connectivity index (χ0) is 9.90. The highest BCUT2D eigenvalue weighted by atomic mass is 32.3. The quantitative estimate of drug-likeness (QED) is 0.741. The molecule has 7 heteroatoms. The highest BCUT2D eigenvalue weighted by Gasteiger charge is 2.13. The smallest absolute Gasteiger partial charge is 0.399 e. The normalized spacial score (nSPS) is 11.2. The molecule has 0 atom stereocenters. The average Bonchev–Trinajstić information content (AvgIpc) is 2.09. The van der Waals surface area contributed by atoms with Gasteiger partial charge in [0.15, 0.2) is 0 Å². The van der Waals surface area contributed by atoms with Crippen LogP contribution in [0, 0.1) is 0 Å². The van der Waals surface area contributed by atoms with E-state index in [4.69, 9.17) is 5.73 Å². The minimum atomic E-state index is -4.59. The Labute approximate surface area is 74.1 Å². The van der Waals surface area contributed by atoms with Crippen molar-refractivity contribution in [3.05, 3.63) is 24.3 Å². The van der Waals surface area contributed by atoms with Gasteiger partial charge < -0.3 is 9.92 Å². The van der Waals surface area contributed by atoms with Crippen LogP contribution < -0.4 is 9.92 Å². The van der Waals surface area contributed by atoms with Crippen LogP contribution in [0.15, 0.2) is 24.3 Å². The van der Waals surface area contributed by atoms with Gasteiger partial charge in [0.05, 0.1) is 0 Å². The van der Waals surface area contributed by atoms with Crippen LogP contribution in [-0.4, -0.2) is 8.42 Å². The standard InChI is InChI=1S/C6H6FNO4S/c7-12-13(9,10)11-6-3-1-5(8)2-4-6/h1-4H,8H2. The van der Waals surface area contributed by atoms with Gasteiger partial charge in [-0.1, -0.05) is 0 Å². The number of nitrogens with two attached hydrogens (primary N) is 1. The molecule has 1 aromatic rings. The van der Waals surface area contributed by atoms with Crippen molar-refractivity contribution in [2.75, 3.05) is 5.73 Å². The van der Waals surface area contributed by atoms with Gasteiger partial charge in [-0.05, 0) is 33.2 Å². The molecular weight excluding hydrogens is 201 g/mol. The molecule has 0 spiro atoms. The molecule has 0 aliphatic rings. The average molecular weight is 207 g/mol. The van der Waals surface area contributed by atoms with E-state index in [-0.39, 0.29) is 5.75 Å². The summed E-state index contributed by atoms with van der Waals surface area (Å²) in [6.45, 7) is 0. The first-order chi connectivity index (χ1) is 6.03. The van der Waals surface area contributed by atoms with Gasteiger partial charge in [-0.3, -0.25) is 0 Å². The van der Waals surface area contributed by atoms with E-state index < -0.39 is 10.4 Å². The summed E-state index contributed by atoms with van der Waals surface area (Å²) in [4.78, 5) is 0. The zero-order valence-electron chi connectivity index (χ0n) is 6.31. The summed E-state index contributed by atoms with van der Waals surface area (Å²) >= 11 is 0. The van der Waals surface area contributed by atoms with E-state index >= 15 is 0 Å². The largest absolute Gasteiger partial charge is 0.480 e. The van der Waals surface area contributed by atoms with Crippen LogP contribution in [-0.2, 0) is 14.8 Å². The fourth-order valence-electron chi connectivity index (χ4n) is 0.654. The molecule has 0 aliphatic heterocycles. The first-order valence-corrected chi connectivity index (χ1v) is 4.47. The first-order valence-electron chi connectivity index (χ1n) is 3.14. The second-order valence-corrected chi connectivity index (χ2v) is 3.23. The summed E-state index contributed by atoms with van der Waals surface area (Å²) in [5, 5.41) is 0. The van der Waals surface area contributed by atoms with Crippen molar-refractivity contribution in [1.29, 1.82) is 0 Å². The number of nitrogen functional groups attached to an aromatic ring is 1. The van der Waals surface area contributed by atoms with E-state index in [1.807, 2.05) is 0 Å². The lowest BCUT2D eigenvalue weighted by molar-refractivity contribution is -0.00946. The monoisotopic (exact) mass is 207 g/mol. The van der Waals surface area contributed by atoms with Crippen LogP contribution in [0.5, 0.6) is 5.75 Å². The summed E-state index contributed by atoms with van der Waals surface area (Å²) in [7, 11) is -4.59. The molecule has 1 rings (SSSR count). The Morgan fingerprint density at radius 2 is 1.77 bits per heavy atom. The molecule has 0 heterocycles. The third-order valence-electron chi connectivity index (χ3n) is 1.16. The number of rotatable bonds is 3. The summed E-state index contributed by atoms with van der Waals surface area (Å²) < 4.78 is 38.8. The van der Waals surface area contributed by atoms with Crippen LogP contribution in [0.3, 0.4) is 0 Å². The van der Waals surface area contributed by atoms with Gasteiger partial charge in [0.1, 0.15) is 5.75 Å². The van der Waals surface area contributed by atoms with Crippen molar-refractivity contribution in [2.24, 2.45) is 0 Å². The van der Waals surface area contributed by atoms with Crippen molar-refractivity contribution in [1.82, 2.24) is 0 Å². The fraction of sp³-hybridized carbons (Fsp3) is 0. The maximum absolute atomic E-state index is 11.3. The zero-order valence-corrected chi connectivity index (χ0v) is 7.12. The molecule has 0 bridgehead atoms. The van der Waals surface area contributed by atoms with Gasteiger partial charge >= 0.3 is 10.4 Å². The Hall–Kier alpha value is -1.34. The van der Waals surface area contributed by atoms with Gasteiger partial charge in [-0.15, -0.1) is 0 Å². The van der Waals surface area contributed by atoms with Crippen molar-refractivity contribution >= 4 is 16.1 Å². The fourth-order valence-corrected chi connectivity index (χ4v) is 1.03. The molecule has 0 saturated carbocycles. The maximum Gasteiger partial charge on any atom is 0.480 e. The second kappa shape index (κ2) is 3.58. The molecule has 0 amide bonds. The third-order valence-corrected chi connectivity index (χ3v) is 1.71. The van der Waals surface area contributed by atoms with E-state index in [9.17, 15) is 12.9 Å². The molecule has 72 valence electrons. The van der Waals surface area contributed by atoms with Crippen LogP contribution in [0.4, 0.5) is 10.2 Å². The van der Waals surface area contributed by atoms with E-state index in [0.717, 1.165) is 0 Å². The SMILES string of the molecule is Nc1ccc(OS(=O)(=O)OF)cc1. The number of halogens is 1. The molecule has 0 radical (unpaired) electrons. The molecule has 0 fully saturated rings. The topological polar surface area (TPSA) is 78.6 Å². The number of hydrogen-bond donors (Lipinski definition) is 1. The maximum atomic E-state index is 11.3. The molecule has 0 aliphatic carbocycles. The molecule has 0 unspecified atom stereocenters. The van der Waals surface area contributed by atoms with Gasteiger partial charge in [-0.2, -0.15) is 8.42 Å². The van der Waals surface area contributed by atoms with Crippen LogP contribution in [0.1, 0.15) is 0 Å². The lowest BCUT2D eigenvalue weighted by atomic mass is 10.3.